The third-order valence-electron chi connectivity index (χ3n) is 6.02. The summed E-state index contributed by atoms with van der Waals surface area (Å²) in [6, 6.07) is 9.14. The van der Waals surface area contributed by atoms with Crippen LogP contribution in [-0.4, -0.2) is 55.9 Å². The number of aliphatic hydroxyl groups excluding tert-OH is 2. The number of aliphatic carboxylic acids is 1. The Morgan fingerprint density at radius 1 is 1.14 bits per heavy atom. The van der Waals surface area contributed by atoms with Crippen LogP contribution < -0.4 is 0 Å². The van der Waals surface area contributed by atoms with Crippen molar-refractivity contribution < 1.29 is 29.6 Å². The molecular formula is C27H32Cl2N2O6. The van der Waals surface area contributed by atoms with Crippen LogP contribution in [0.4, 0.5) is 0 Å². The van der Waals surface area contributed by atoms with Crippen LogP contribution >= 0.6 is 23.2 Å². The second kappa shape index (κ2) is 13.9. The number of carboxylic acids is 1. The van der Waals surface area contributed by atoms with E-state index in [2.05, 4.69) is 4.98 Å². The predicted molar refractivity (Wildman–Crippen MR) is 142 cm³/mol. The summed E-state index contributed by atoms with van der Waals surface area (Å²) in [6.45, 7) is 2.29. The molecule has 0 aliphatic carbocycles. The Balaban J connectivity index is 1.81. The summed E-state index contributed by atoms with van der Waals surface area (Å²) >= 11 is 12.2. The second-order valence-electron chi connectivity index (χ2n) is 9.26. The first-order valence-corrected chi connectivity index (χ1v) is 13.0. The van der Waals surface area contributed by atoms with E-state index in [0.717, 1.165) is 12.0 Å². The van der Waals surface area contributed by atoms with Gasteiger partial charge in [-0.2, -0.15) is 0 Å². The minimum Gasteiger partial charge on any atom is -0.481 e. The van der Waals surface area contributed by atoms with E-state index in [-0.39, 0.29) is 31.1 Å². The fourth-order valence-corrected chi connectivity index (χ4v) is 4.76. The lowest BCUT2D eigenvalue weighted by Gasteiger charge is -2.15. The van der Waals surface area contributed by atoms with Crippen LogP contribution in [0.3, 0.4) is 0 Å². The van der Waals surface area contributed by atoms with E-state index in [0.29, 0.717) is 58.4 Å². The van der Waals surface area contributed by atoms with E-state index in [4.69, 9.17) is 33.0 Å². The number of fused-ring (bicyclic) bond motifs is 1. The monoisotopic (exact) mass is 550 g/mol. The molecule has 1 aromatic carbocycles. The topological polar surface area (TPSA) is 122 Å². The molecule has 200 valence electrons. The lowest BCUT2D eigenvalue weighted by molar-refractivity contribution is -0.137. The number of aromatic nitrogens is 2. The Hall–Kier alpha value is -2.49. The SMILES string of the molecule is CC(CC(=O)O)CC(=O)c1c(CCCCOCc2cccc(Cl)c2)n(CC(O)CO)c2ncc(Cl)cc12. The van der Waals surface area contributed by atoms with Gasteiger partial charge in [0, 0.05) is 47.3 Å². The Bertz CT molecular complexity index is 1230. The van der Waals surface area contributed by atoms with Gasteiger partial charge in [0.25, 0.3) is 0 Å². The molecule has 10 heteroatoms. The van der Waals surface area contributed by atoms with Crippen molar-refractivity contribution in [3.05, 3.63) is 63.4 Å². The quantitative estimate of drug-likeness (QED) is 0.181. The van der Waals surface area contributed by atoms with Crippen LogP contribution in [0.5, 0.6) is 0 Å². The smallest absolute Gasteiger partial charge is 0.303 e. The first kappa shape index (κ1) is 29.1. The predicted octanol–water partition coefficient (Wildman–Crippen LogP) is 4.92. The Morgan fingerprint density at radius 3 is 2.62 bits per heavy atom. The van der Waals surface area contributed by atoms with Gasteiger partial charge in [-0.3, -0.25) is 9.59 Å². The minimum absolute atomic E-state index is 0.0518. The highest BCUT2D eigenvalue weighted by molar-refractivity contribution is 6.31. The molecular weight excluding hydrogens is 519 g/mol. The highest BCUT2D eigenvalue weighted by Crippen LogP contribution is 2.31. The van der Waals surface area contributed by atoms with Crippen LogP contribution in [0.15, 0.2) is 36.5 Å². The van der Waals surface area contributed by atoms with Crippen LogP contribution in [0, 0.1) is 5.92 Å². The number of carboxylic acid groups (broad SMARTS) is 1. The number of ether oxygens (including phenoxy) is 1. The zero-order chi connectivity index (χ0) is 26.9. The molecule has 0 saturated heterocycles. The third-order valence-corrected chi connectivity index (χ3v) is 6.46. The molecule has 2 heterocycles. The van der Waals surface area contributed by atoms with Gasteiger partial charge in [-0.05, 0) is 48.9 Å². The normalized spacial score (nSPS) is 13.1. The molecule has 0 fully saturated rings. The number of benzene rings is 1. The molecule has 0 bridgehead atoms. The molecule has 2 aromatic heterocycles. The van der Waals surface area contributed by atoms with Crippen molar-refractivity contribution in [2.75, 3.05) is 13.2 Å². The van der Waals surface area contributed by atoms with Crippen molar-refractivity contribution in [3.8, 4) is 0 Å². The van der Waals surface area contributed by atoms with Gasteiger partial charge in [-0.15, -0.1) is 0 Å². The van der Waals surface area contributed by atoms with Gasteiger partial charge in [-0.1, -0.05) is 42.3 Å². The van der Waals surface area contributed by atoms with Crippen molar-refractivity contribution in [3.63, 3.8) is 0 Å². The maximum Gasteiger partial charge on any atom is 0.303 e. The van der Waals surface area contributed by atoms with Crippen molar-refractivity contribution in [1.82, 2.24) is 9.55 Å². The van der Waals surface area contributed by atoms with Crippen LogP contribution in [0.2, 0.25) is 10.0 Å². The van der Waals surface area contributed by atoms with Gasteiger partial charge in [0.15, 0.2) is 5.78 Å². The van der Waals surface area contributed by atoms with E-state index < -0.39 is 18.7 Å². The number of unbranched alkanes of at least 4 members (excludes halogenated alkanes) is 1. The number of pyridine rings is 1. The molecule has 0 aliphatic rings. The molecule has 0 spiro atoms. The Morgan fingerprint density at radius 2 is 1.92 bits per heavy atom. The molecule has 0 amide bonds. The van der Waals surface area contributed by atoms with Gasteiger partial charge in [0.1, 0.15) is 5.65 Å². The standard InChI is InChI=1S/C27H32Cl2N2O6/c1-17(10-25(35)36)9-24(34)26-22-12-20(29)13-30-27(22)31(14-21(33)15-32)23(26)7-2-3-8-37-16-18-5-4-6-19(28)11-18/h4-6,11-13,17,21,32-33H,2-3,7-10,14-16H2,1H3,(H,35,36). The van der Waals surface area contributed by atoms with Crippen LogP contribution in [0.25, 0.3) is 11.0 Å². The average molecular weight is 551 g/mol. The number of Topliss-reactive ketones (excluding diaryl/α,β-unsaturated/α-hetero) is 1. The zero-order valence-corrected chi connectivity index (χ0v) is 22.2. The molecule has 2 unspecified atom stereocenters. The molecule has 0 saturated carbocycles. The summed E-state index contributed by atoms with van der Waals surface area (Å²) in [5.74, 6) is -1.52. The number of hydrogen-bond donors (Lipinski definition) is 3. The fraction of sp³-hybridized carbons (Fsp3) is 0.444. The van der Waals surface area contributed by atoms with E-state index in [9.17, 15) is 19.8 Å². The molecule has 37 heavy (non-hydrogen) atoms. The number of carbonyl (C=O) groups is 2. The minimum atomic E-state index is -1.04. The lowest BCUT2D eigenvalue weighted by Crippen LogP contribution is -2.22. The average Bonchev–Trinajstić information content (AvgIpc) is 3.12. The molecule has 8 nitrogen and oxygen atoms in total. The van der Waals surface area contributed by atoms with E-state index >= 15 is 0 Å². The van der Waals surface area contributed by atoms with E-state index in [1.807, 2.05) is 18.2 Å². The fourth-order valence-electron chi connectivity index (χ4n) is 4.39. The number of nitrogens with zero attached hydrogens (tertiary/aromatic N) is 2. The summed E-state index contributed by atoms with van der Waals surface area (Å²) in [4.78, 5) is 29.0. The highest BCUT2D eigenvalue weighted by atomic mass is 35.5. The molecule has 3 rings (SSSR count). The first-order valence-electron chi connectivity index (χ1n) is 12.2. The summed E-state index contributed by atoms with van der Waals surface area (Å²) in [5.41, 5.74) is 2.59. The van der Waals surface area contributed by atoms with Gasteiger partial charge < -0.3 is 24.6 Å². The van der Waals surface area contributed by atoms with Gasteiger partial charge in [0.05, 0.1) is 30.9 Å². The Kier molecular flexibility index (Phi) is 10.9. The number of rotatable bonds is 15. The number of carbonyl (C=O) groups excluding carboxylic acids is 1. The van der Waals surface area contributed by atoms with E-state index in [1.54, 1.807) is 23.6 Å². The zero-order valence-electron chi connectivity index (χ0n) is 20.7. The Labute approximate surface area is 225 Å². The highest BCUT2D eigenvalue weighted by Gasteiger charge is 2.26. The van der Waals surface area contributed by atoms with Gasteiger partial charge in [-0.25, -0.2) is 4.98 Å². The molecule has 2 atom stereocenters. The number of halogens is 2. The van der Waals surface area contributed by atoms with Gasteiger partial charge >= 0.3 is 5.97 Å². The molecule has 3 aromatic rings. The summed E-state index contributed by atoms with van der Waals surface area (Å²) < 4.78 is 7.53. The first-order chi connectivity index (χ1) is 17.7. The van der Waals surface area contributed by atoms with Crippen LogP contribution in [0.1, 0.15) is 54.2 Å². The molecule has 0 aliphatic heterocycles. The van der Waals surface area contributed by atoms with Crippen LogP contribution in [-0.2, 0) is 29.1 Å². The second-order valence-corrected chi connectivity index (χ2v) is 10.1. The van der Waals surface area contributed by atoms with Gasteiger partial charge in [0.2, 0.25) is 0 Å². The largest absolute Gasteiger partial charge is 0.481 e. The number of ketones is 1. The number of hydrogen-bond acceptors (Lipinski definition) is 6. The van der Waals surface area contributed by atoms with Crippen molar-refractivity contribution >= 4 is 46.0 Å². The van der Waals surface area contributed by atoms with Crippen molar-refractivity contribution in [2.24, 2.45) is 5.92 Å². The molecule has 0 radical (unpaired) electrons. The summed E-state index contributed by atoms with van der Waals surface area (Å²) in [7, 11) is 0. The van der Waals surface area contributed by atoms with Crippen molar-refractivity contribution in [2.45, 2.75) is 58.3 Å². The maximum atomic E-state index is 13.4. The number of aliphatic hydroxyl groups is 2. The molecule has 3 N–H and O–H groups in total. The van der Waals surface area contributed by atoms with E-state index in [1.165, 1.54) is 6.20 Å². The summed E-state index contributed by atoms with van der Waals surface area (Å²) in [6.07, 6.45) is 2.28. The third kappa shape index (κ3) is 8.25. The lowest BCUT2D eigenvalue weighted by atomic mass is 9.94. The summed E-state index contributed by atoms with van der Waals surface area (Å²) in [5, 5.41) is 30.4. The maximum absolute atomic E-state index is 13.4. The van der Waals surface area contributed by atoms with Crippen molar-refractivity contribution in [1.29, 1.82) is 0 Å².